The average Bonchev–Trinajstić information content (AvgIpc) is 3.43. The lowest BCUT2D eigenvalue weighted by Gasteiger charge is -2.18. The normalized spacial score (nSPS) is 23.1. The van der Waals surface area contributed by atoms with E-state index in [2.05, 4.69) is 26.2 Å². The summed E-state index contributed by atoms with van der Waals surface area (Å²) in [5, 5.41) is 5.34. The molecule has 3 aliphatic heterocycles. The van der Waals surface area contributed by atoms with Crippen LogP contribution in [0.15, 0.2) is 34.4 Å². The fourth-order valence-corrected chi connectivity index (χ4v) is 6.81. The van der Waals surface area contributed by atoms with Crippen LogP contribution in [0.2, 0.25) is 0 Å². The van der Waals surface area contributed by atoms with Crippen molar-refractivity contribution in [1.29, 1.82) is 0 Å². The van der Waals surface area contributed by atoms with Crippen LogP contribution in [-0.4, -0.2) is 47.9 Å². The molecule has 1 saturated heterocycles. The van der Waals surface area contributed by atoms with Gasteiger partial charge in [0.25, 0.3) is 0 Å². The smallest absolute Gasteiger partial charge is 0.231 e. The number of hydrogen-bond acceptors (Lipinski definition) is 7. The Balaban J connectivity index is 1.29. The first-order valence-corrected chi connectivity index (χ1v) is 13.0. The first kappa shape index (κ1) is 20.4. The number of hydrogen-bond donors (Lipinski definition) is 1. The maximum atomic E-state index is 11.9. The number of hydrazone groups is 1. The highest BCUT2D eigenvalue weighted by Crippen LogP contribution is 2.33. The van der Waals surface area contributed by atoms with E-state index >= 15 is 0 Å². The summed E-state index contributed by atoms with van der Waals surface area (Å²) in [5.74, 6) is 2.72. The van der Waals surface area contributed by atoms with E-state index in [0.29, 0.717) is 18.7 Å². The van der Waals surface area contributed by atoms with Crippen molar-refractivity contribution in [2.75, 3.05) is 24.1 Å². The van der Waals surface area contributed by atoms with E-state index in [4.69, 9.17) is 9.47 Å². The standard InChI is InChI=1S/C21H24N4O4S2/c1-13-7-17(14(2)25(13)16-5-6-31(26,27)11-16)18-10-30-21(24-23-18)22-9-15-3-4-19-20(8-15)29-12-28-19/h3-4,7-8,16H,5-6,9-12H2,1-2H3,(H,22,24)/t16-/m1/s1. The molecule has 1 aromatic carbocycles. The number of thioether (sulfide) groups is 1. The first-order valence-electron chi connectivity index (χ1n) is 10.2. The maximum absolute atomic E-state index is 11.9. The Morgan fingerprint density at radius 1 is 1.26 bits per heavy atom. The van der Waals surface area contributed by atoms with Gasteiger partial charge in [0, 0.05) is 28.7 Å². The number of rotatable bonds is 4. The molecular weight excluding hydrogens is 436 g/mol. The predicted octanol–water partition coefficient (Wildman–Crippen LogP) is 2.79. The van der Waals surface area contributed by atoms with E-state index in [1.807, 2.05) is 32.0 Å². The SMILES string of the molecule is Cc1cc(C2=NNC(=NCc3ccc4c(c3)OCO4)SC2)c(C)n1[C@@H]1CCS(=O)(=O)C1. The van der Waals surface area contributed by atoms with E-state index < -0.39 is 9.84 Å². The second kappa shape index (κ2) is 7.90. The molecule has 1 aromatic heterocycles. The number of aliphatic imine (C=N–C) groups is 1. The summed E-state index contributed by atoms with van der Waals surface area (Å²) in [7, 11) is -2.93. The molecule has 0 radical (unpaired) electrons. The van der Waals surface area contributed by atoms with Crippen LogP contribution < -0.4 is 14.9 Å². The lowest BCUT2D eigenvalue weighted by atomic mass is 10.1. The molecule has 2 aromatic rings. The van der Waals surface area contributed by atoms with Gasteiger partial charge in [-0.1, -0.05) is 17.8 Å². The highest BCUT2D eigenvalue weighted by atomic mass is 32.2. The minimum atomic E-state index is -2.93. The van der Waals surface area contributed by atoms with Gasteiger partial charge in [-0.15, -0.1) is 0 Å². The summed E-state index contributed by atoms with van der Waals surface area (Å²) in [6, 6.07) is 7.96. The fraction of sp³-hybridized carbons (Fsp3) is 0.429. The minimum Gasteiger partial charge on any atom is -0.454 e. The number of amidine groups is 1. The third kappa shape index (κ3) is 4.06. The molecule has 31 heavy (non-hydrogen) atoms. The molecule has 0 unspecified atom stereocenters. The Labute approximate surface area is 185 Å². The van der Waals surface area contributed by atoms with Crippen LogP contribution >= 0.6 is 11.8 Å². The number of aryl methyl sites for hydroxylation is 1. The third-order valence-corrected chi connectivity index (χ3v) is 8.51. The zero-order valence-corrected chi connectivity index (χ0v) is 19.1. The van der Waals surface area contributed by atoms with Gasteiger partial charge in [0.1, 0.15) is 0 Å². The van der Waals surface area contributed by atoms with Gasteiger partial charge in [-0.05, 0) is 44.0 Å². The van der Waals surface area contributed by atoms with Crippen molar-refractivity contribution in [2.24, 2.45) is 10.1 Å². The summed E-state index contributed by atoms with van der Waals surface area (Å²) < 4.78 is 36.8. The van der Waals surface area contributed by atoms with Gasteiger partial charge in [0.15, 0.2) is 26.5 Å². The Morgan fingerprint density at radius 3 is 2.84 bits per heavy atom. The Hall–Kier alpha value is -2.46. The van der Waals surface area contributed by atoms with Crippen molar-refractivity contribution < 1.29 is 17.9 Å². The van der Waals surface area contributed by atoms with Gasteiger partial charge in [0.05, 0.1) is 23.8 Å². The monoisotopic (exact) mass is 460 g/mol. The molecule has 8 nitrogen and oxygen atoms in total. The molecule has 0 amide bonds. The summed E-state index contributed by atoms with van der Waals surface area (Å²) in [6.07, 6.45) is 0.675. The summed E-state index contributed by atoms with van der Waals surface area (Å²) in [4.78, 5) is 4.62. The fourth-order valence-electron chi connectivity index (χ4n) is 4.35. The molecule has 10 heteroatoms. The zero-order valence-electron chi connectivity index (χ0n) is 17.4. The summed E-state index contributed by atoms with van der Waals surface area (Å²) in [6.45, 7) is 4.87. The molecule has 164 valence electrons. The molecule has 0 spiro atoms. The molecule has 5 rings (SSSR count). The second-order valence-electron chi connectivity index (χ2n) is 7.98. The van der Waals surface area contributed by atoms with Crippen molar-refractivity contribution in [2.45, 2.75) is 32.9 Å². The summed E-state index contributed by atoms with van der Waals surface area (Å²) in [5.41, 5.74) is 8.28. The van der Waals surface area contributed by atoms with E-state index in [9.17, 15) is 8.42 Å². The van der Waals surface area contributed by atoms with E-state index in [0.717, 1.165) is 44.9 Å². The number of fused-ring (bicyclic) bond motifs is 1. The third-order valence-electron chi connectivity index (χ3n) is 5.84. The quantitative estimate of drug-likeness (QED) is 0.754. The molecule has 3 aliphatic rings. The second-order valence-corrected chi connectivity index (χ2v) is 11.2. The van der Waals surface area contributed by atoms with Gasteiger partial charge in [-0.25, -0.2) is 8.42 Å². The lowest BCUT2D eigenvalue weighted by molar-refractivity contribution is 0.174. The van der Waals surface area contributed by atoms with Crippen LogP contribution in [-0.2, 0) is 16.4 Å². The van der Waals surface area contributed by atoms with Crippen LogP contribution in [0.3, 0.4) is 0 Å². The van der Waals surface area contributed by atoms with Gasteiger partial charge >= 0.3 is 0 Å². The lowest BCUT2D eigenvalue weighted by Crippen LogP contribution is -2.26. The van der Waals surface area contributed by atoms with Gasteiger partial charge in [-0.3, -0.25) is 10.4 Å². The van der Waals surface area contributed by atoms with Crippen LogP contribution in [0, 0.1) is 13.8 Å². The minimum absolute atomic E-state index is 0.0161. The van der Waals surface area contributed by atoms with E-state index in [-0.39, 0.29) is 24.3 Å². The van der Waals surface area contributed by atoms with Gasteiger partial charge < -0.3 is 14.0 Å². The molecule has 1 atom stereocenters. The molecule has 1 fully saturated rings. The number of aromatic nitrogens is 1. The Morgan fingerprint density at radius 2 is 2.10 bits per heavy atom. The number of nitrogens with one attached hydrogen (secondary N) is 1. The number of benzene rings is 1. The van der Waals surface area contributed by atoms with E-state index in [1.165, 1.54) is 0 Å². The number of sulfone groups is 1. The maximum Gasteiger partial charge on any atom is 0.231 e. The van der Waals surface area contributed by atoms with Crippen molar-refractivity contribution in [3.8, 4) is 11.5 Å². The van der Waals surface area contributed by atoms with Crippen molar-refractivity contribution >= 4 is 32.5 Å². The Bertz CT molecular complexity index is 1200. The van der Waals surface area contributed by atoms with Crippen LogP contribution in [0.25, 0.3) is 0 Å². The highest BCUT2D eigenvalue weighted by molar-refractivity contribution is 8.14. The van der Waals surface area contributed by atoms with Gasteiger partial charge in [0.2, 0.25) is 6.79 Å². The van der Waals surface area contributed by atoms with Crippen molar-refractivity contribution in [3.05, 3.63) is 46.8 Å². The zero-order chi connectivity index (χ0) is 21.6. The number of ether oxygens (including phenoxy) is 2. The topological polar surface area (TPSA) is 94.3 Å². The van der Waals surface area contributed by atoms with Crippen LogP contribution in [0.4, 0.5) is 0 Å². The average molecular weight is 461 g/mol. The number of nitrogens with zero attached hydrogens (tertiary/aromatic N) is 3. The molecule has 4 heterocycles. The van der Waals surface area contributed by atoms with E-state index in [1.54, 1.807) is 11.8 Å². The predicted molar refractivity (Wildman–Crippen MR) is 122 cm³/mol. The van der Waals surface area contributed by atoms with Crippen molar-refractivity contribution in [1.82, 2.24) is 9.99 Å². The largest absolute Gasteiger partial charge is 0.454 e. The van der Waals surface area contributed by atoms with Gasteiger partial charge in [-0.2, -0.15) is 5.10 Å². The van der Waals surface area contributed by atoms with Crippen molar-refractivity contribution in [3.63, 3.8) is 0 Å². The van der Waals surface area contributed by atoms with Crippen LogP contribution in [0.1, 0.15) is 35.0 Å². The molecule has 0 aliphatic carbocycles. The molecule has 1 N–H and O–H groups in total. The first-order chi connectivity index (χ1) is 14.9. The molecule has 0 bridgehead atoms. The Kier molecular flexibility index (Phi) is 5.21. The highest BCUT2D eigenvalue weighted by Gasteiger charge is 2.31. The molecular formula is C21H24N4O4S2. The van der Waals surface area contributed by atoms with Crippen LogP contribution in [0.5, 0.6) is 11.5 Å². The molecule has 0 saturated carbocycles. The summed E-state index contributed by atoms with van der Waals surface area (Å²) >= 11 is 1.61.